The first-order valence-electron chi connectivity index (χ1n) is 11.1. The number of aromatic nitrogens is 2. The fraction of sp³-hybridized carbons (Fsp3) is 0.269. The second-order valence-electron chi connectivity index (χ2n) is 9.15. The van der Waals surface area contributed by atoms with Gasteiger partial charge in [-0.25, -0.2) is 9.18 Å². The summed E-state index contributed by atoms with van der Waals surface area (Å²) in [4.78, 5) is 25.3. The predicted octanol–water partition coefficient (Wildman–Crippen LogP) is 6.45. The lowest BCUT2D eigenvalue weighted by molar-refractivity contribution is -0.131. The van der Waals surface area contributed by atoms with Crippen molar-refractivity contribution in [1.82, 2.24) is 9.72 Å². The number of aryl methyl sites for hydroxylation is 1. The number of hydrogen-bond acceptors (Lipinski definition) is 4. The molecule has 35 heavy (non-hydrogen) atoms. The Morgan fingerprint density at radius 3 is 2.74 bits per heavy atom. The van der Waals surface area contributed by atoms with E-state index >= 15 is 4.39 Å². The molecule has 0 spiro atoms. The van der Waals surface area contributed by atoms with Crippen molar-refractivity contribution in [2.45, 2.75) is 44.2 Å². The van der Waals surface area contributed by atoms with E-state index in [9.17, 15) is 14.7 Å². The summed E-state index contributed by atoms with van der Waals surface area (Å²) in [5, 5.41) is 14.1. The van der Waals surface area contributed by atoms with Crippen LogP contribution in [0.15, 0.2) is 52.2 Å². The van der Waals surface area contributed by atoms with Crippen molar-refractivity contribution < 1.29 is 23.6 Å². The zero-order chi connectivity index (χ0) is 25.1. The van der Waals surface area contributed by atoms with E-state index in [-0.39, 0.29) is 17.0 Å². The number of hydrogen-bond donors (Lipinski definition) is 1. The van der Waals surface area contributed by atoms with Crippen LogP contribution in [-0.2, 0) is 16.9 Å². The second kappa shape index (κ2) is 8.50. The lowest BCUT2D eigenvalue weighted by Crippen LogP contribution is -2.20. The molecule has 6 nitrogen and oxygen atoms in total. The number of carbonyl (C=O) groups excluding carboxylic acids is 1. The predicted molar refractivity (Wildman–Crippen MR) is 132 cm³/mol. The molecule has 3 aromatic rings. The van der Waals surface area contributed by atoms with E-state index in [1.165, 1.54) is 24.5 Å². The molecule has 2 aliphatic carbocycles. The Kier molecular flexibility index (Phi) is 5.73. The molecule has 2 aliphatic rings. The smallest absolute Gasteiger partial charge is 0.328 e. The zero-order valence-electron chi connectivity index (χ0n) is 18.9. The van der Waals surface area contributed by atoms with Crippen LogP contribution in [0.25, 0.3) is 22.0 Å². The lowest BCUT2D eigenvalue weighted by atomic mass is 9.88. The highest BCUT2D eigenvalue weighted by atomic mass is 35.5. The number of aliphatic carboxylic acids is 1. The molecule has 1 N–H and O–H groups in total. The van der Waals surface area contributed by atoms with Crippen molar-refractivity contribution in [2.24, 2.45) is 0 Å². The van der Waals surface area contributed by atoms with Crippen LogP contribution >= 0.6 is 23.2 Å². The van der Waals surface area contributed by atoms with E-state index in [1.54, 1.807) is 30.5 Å². The van der Waals surface area contributed by atoms with Crippen molar-refractivity contribution in [1.29, 1.82) is 0 Å². The number of alkyl halides is 2. The van der Waals surface area contributed by atoms with Crippen LogP contribution < -0.4 is 0 Å². The summed E-state index contributed by atoms with van der Waals surface area (Å²) >= 11 is 12.6. The van der Waals surface area contributed by atoms with Gasteiger partial charge in [-0.3, -0.25) is 9.36 Å². The maximum atomic E-state index is 15.2. The first-order valence-corrected chi connectivity index (χ1v) is 11.9. The number of allylic oxidation sites excluding steroid dienone is 5. The number of carbonyl (C=O) groups is 2. The third-order valence-corrected chi connectivity index (χ3v) is 6.98. The summed E-state index contributed by atoms with van der Waals surface area (Å²) in [7, 11) is 0. The van der Waals surface area contributed by atoms with Gasteiger partial charge in [0.2, 0.25) is 0 Å². The highest BCUT2D eigenvalue weighted by molar-refractivity contribution is 6.33. The average molecular weight is 515 g/mol. The minimum atomic E-state index is -1.98. The van der Waals surface area contributed by atoms with Gasteiger partial charge in [0.15, 0.2) is 11.4 Å². The highest BCUT2D eigenvalue weighted by Crippen LogP contribution is 2.41. The third kappa shape index (κ3) is 4.02. The molecule has 180 valence electrons. The third-order valence-electron chi connectivity index (χ3n) is 6.31. The highest BCUT2D eigenvalue weighted by Gasteiger charge is 2.38. The van der Waals surface area contributed by atoms with Crippen LogP contribution in [0.2, 0.25) is 0 Å². The molecule has 1 aromatic carbocycles. The normalized spacial score (nSPS) is 19.1. The Hall–Kier alpha value is -3.16. The molecule has 0 fully saturated rings. The Morgan fingerprint density at radius 2 is 2.06 bits per heavy atom. The van der Waals surface area contributed by atoms with Crippen molar-refractivity contribution >= 4 is 57.1 Å². The first-order chi connectivity index (χ1) is 16.6. The number of rotatable bonds is 4. The molecule has 0 saturated carbocycles. The summed E-state index contributed by atoms with van der Waals surface area (Å²) in [5.74, 6) is -1.72. The van der Waals surface area contributed by atoms with E-state index in [0.717, 1.165) is 16.5 Å². The van der Waals surface area contributed by atoms with E-state index in [2.05, 4.69) is 5.16 Å². The van der Waals surface area contributed by atoms with Crippen LogP contribution in [-0.4, -0.2) is 32.1 Å². The van der Waals surface area contributed by atoms with E-state index in [0.29, 0.717) is 41.0 Å². The summed E-state index contributed by atoms with van der Waals surface area (Å²) in [6.45, 7) is 2.60. The summed E-state index contributed by atoms with van der Waals surface area (Å²) in [6, 6.07) is 5.40. The van der Waals surface area contributed by atoms with Gasteiger partial charge < -0.3 is 9.63 Å². The van der Waals surface area contributed by atoms with Crippen LogP contribution in [0.3, 0.4) is 0 Å². The maximum Gasteiger partial charge on any atom is 0.328 e. The molecule has 0 aliphatic heterocycles. The SMILES string of the molecule is CC(C)(F)c1onc(C2=CC=C(Cl)CC2Cl)c1C(=O)n1cc2c3c(cccc31)/C(=C/C(=O)O)CC2. The first kappa shape index (κ1) is 23.6. The van der Waals surface area contributed by atoms with Gasteiger partial charge in [0, 0.05) is 34.7 Å². The standard InChI is InChI=1S/C26H21Cl2FN2O4/c1-26(2,29)24-22(23(30-35-24)17-9-8-15(27)11-18(17)28)25(34)31-12-14-7-6-13(10-20(32)33)16-4-3-5-19(31)21(14)16/h3-5,8-10,12,18H,6-7,11H2,1-2H3,(H,32,33)/b13-10+. The Balaban J connectivity index is 1.71. The molecule has 0 radical (unpaired) electrons. The fourth-order valence-electron chi connectivity index (χ4n) is 4.77. The second-order valence-corrected chi connectivity index (χ2v) is 10.2. The van der Waals surface area contributed by atoms with Gasteiger partial charge in [-0.1, -0.05) is 35.0 Å². The molecule has 5 rings (SSSR count). The molecular formula is C26H21Cl2FN2O4. The van der Waals surface area contributed by atoms with Crippen LogP contribution in [0.1, 0.15) is 59.6 Å². The molecule has 0 bridgehead atoms. The van der Waals surface area contributed by atoms with Crippen LogP contribution in [0, 0.1) is 0 Å². The summed E-state index contributed by atoms with van der Waals surface area (Å²) < 4.78 is 22.0. The minimum Gasteiger partial charge on any atom is -0.478 e. The zero-order valence-corrected chi connectivity index (χ0v) is 20.5. The minimum absolute atomic E-state index is 0.00442. The Bertz CT molecular complexity index is 1490. The molecular weight excluding hydrogens is 494 g/mol. The van der Waals surface area contributed by atoms with Gasteiger partial charge >= 0.3 is 5.97 Å². The van der Waals surface area contributed by atoms with Crippen LogP contribution in [0.4, 0.5) is 4.39 Å². The quantitative estimate of drug-likeness (QED) is 0.319. The van der Waals surface area contributed by atoms with Crippen molar-refractivity contribution in [2.75, 3.05) is 0 Å². The monoisotopic (exact) mass is 514 g/mol. The molecule has 2 aromatic heterocycles. The Labute approximate surface area is 210 Å². The topological polar surface area (TPSA) is 85.3 Å². The van der Waals surface area contributed by atoms with Gasteiger partial charge in [0.25, 0.3) is 5.91 Å². The maximum absolute atomic E-state index is 15.2. The van der Waals surface area contributed by atoms with Crippen molar-refractivity contribution in [3.8, 4) is 0 Å². The van der Waals surface area contributed by atoms with Crippen LogP contribution in [0.5, 0.6) is 0 Å². The number of benzene rings is 1. The number of nitrogens with zero attached hydrogens (tertiary/aromatic N) is 2. The van der Waals surface area contributed by atoms with Crippen molar-refractivity contribution in [3.63, 3.8) is 0 Å². The fourth-order valence-corrected chi connectivity index (χ4v) is 5.41. The molecule has 1 unspecified atom stereocenters. The lowest BCUT2D eigenvalue weighted by Gasteiger charge is -2.17. The summed E-state index contributed by atoms with van der Waals surface area (Å²) in [5.41, 5.74) is 1.68. The molecule has 2 heterocycles. The van der Waals surface area contributed by atoms with Gasteiger partial charge in [-0.2, -0.15) is 0 Å². The Morgan fingerprint density at radius 1 is 1.29 bits per heavy atom. The van der Waals surface area contributed by atoms with Gasteiger partial charge in [-0.15, -0.1) is 11.6 Å². The van der Waals surface area contributed by atoms with Gasteiger partial charge in [0.1, 0.15) is 11.3 Å². The molecule has 9 heteroatoms. The van der Waals surface area contributed by atoms with E-state index in [1.807, 2.05) is 6.07 Å². The van der Waals surface area contributed by atoms with Gasteiger partial charge in [0.05, 0.1) is 10.9 Å². The number of carboxylic acid groups (broad SMARTS) is 1. The number of halogens is 3. The van der Waals surface area contributed by atoms with Crippen molar-refractivity contribution in [3.05, 3.63) is 75.8 Å². The van der Waals surface area contributed by atoms with Gasteiger partial charge in [-0.05, 0) is 55.5 Å². The van der Waals surface area contributed by atoms with E-state index in [4.69, 9.17) is 27.7 Å². The van der Waals surface area contributed by atoms with E-state index < -0.39 is 22.9 Å². The molecule has 0 saturated heterocycles. The largest absolute Gasteiger partial charge is 0.478 e. The molecule has 1 atom stereocenters. The number of carboxylic acids is 1. The average Bonchev–Trinajstić information content (AvgIpc) is 3.38. The molecule has 0 amide bonds. The summed E-state index contributed by atoms with van der Waals surface area (Å²) in [6.07, 6.45) is 7.73.